The lowest BCUT2D eigenvalue weighted by Crippen LogP contribution is -2.45. The van der Waals surface area contributed by atoms with Crippen molar-refractivity contribution in [3.05, 3.63) is 30.5 Å². The van der Waals surface area contributed by atoms with E-state index in [4.69, 9.17) is 4.74 Å². The average molecular weight is 257 g/mol. The van der Waals surface area contributed by atoms with Gasteiger partial charge in [-0.3, -0.25) is 9.78 Å². The van der Waals surface area contributed by atoms with Crippen LogP contribution in [0, 0.1) is 0 Å². The van der Waals surface area contributed by atoms with E-state index in [9.17, 15) is 4.79 Å². The van der Waals surface area contributed by atoms with E-state index >= 15 is 0 Å². The molecule has 0 radical (unpaired) electrons. The van der Waals surface area contributed by atoms with E-state index in [1.165, 1.54) is 0 Å². The maximum absolute atomic E-state index is 12.3. The largest absolute Gasteiger partial charge is 0.489 e. The van der Waals surface area contributed by atoms with Gasteiger partial charge in [-0.15, -0.1) is 0 Å². The number of hydrogen-bond acceptors (Lipinski definition) is 4. The molecule has 0 bridgehead atoms. The molecule has 98 valence electrons. The molecular formula is C14H15N3O2. The number of nitrogens with zero attached hydrogens (tertiary/aromatic N) is 2. The van der Waals surface area contributed by atoms with E-state index < -0.39 is 0 Å². The Morgan fingerprint density at radius 3 is 3.05 bits per heavy atom. The van der Waals surface area contributed by atoms with Crippen LogP contribution >= 0.6 is 0 Å². The highest BCUT2D eigenvalue weighted by Crippen LogP contribution is 2.36. The third-order valence-electron chi connectivity index (χ3n) is 3.44. The first-order valence-corrected chi connectivity index (χ1v) is 6.17. The summed E-state index contributed by atoms with van der Waals surface area (Å²) >= 11 is 0. The number of carbonyl (C=O) groups excluding carboxylic acids is 1. The second kappa shape index (κ2) is 4.51. The highest BCUT2D eigenvalue weighted by atomic mass is 16.5. The lowest BCUT2D eigenvalue weighted by molar-refractivity contribution is -0.120. The maximum atomic E-state index is 12.3. The van der Waals surface area contributed by atoms with Crippen molar-refractivity contribution in [2.45, 2.75) is 6.04 Å². The molecule has 19 heavy (non-hydrogen) atoms. The van der Waals surface area contributed by atoms with Gasteiger partial charge in [0.2, 0.25) is 5.91 Å². The fourth-order valence-corrected chi connectivity index (χ4v) is 2.37. The molecule has 1 aromatic heterocycles. The summed E-state index contributed by atoms with van der Waals surface area (Å²) in [5.74, 6) is 0.715. The van der Waals surface area contributed by atoms with Crippen LogP contribution in [0.2, 0.25) is 0 Å². The molecule has 5 nitrogen and oxygen atoms in total. The number of amides is 1. The number of aromatic nitrogens is 1. The number of rotatable bonds is 1. The fourth-order valence-electron chi connectivity index (χ4n) is 2.37. The van der Waals surface area contributed by atoms with E-state index in [0.29, 0.717) is 12.4 Å². The molecule has 1 aromatic carbocycles. The quantitative estimate of drug-likeness (QED) is 0.833. The summed E-state index contributed by atoms with van der Waals surface area (Å²) in [6.07, 6.45) is 1.74. The zero-order valence-electron chi connectivity index (χ0n) is 10.9. The number of benzene rings is 1. The van der Waals surface area contributed by atoms with Gasteiger partial charge in [0.15, 0.2) is 0 Å². The van der Waals surface area contributed by atoms with Gasteiger partial charge in [-0.1, -0.05) is 0 Å². The van der Waals surface area contributed by atoms with Gasteiger partial charge in [-0.25, -0.2) is 0 Å². The van der Waals surface area contributed by atoms with Crippen LogP contribution < -0.4 is 15.0 Å². The Kier molecular flexibility index (Phi) is 2.83. The minimum atomic E-state index is -0.330. The van der Waals surface area contributed by atoms with Crippen molar-refractivity contribution in [3.8, 4) is 5.75 Å². The van der Waals surface area contributed by atoms with Crippen molar-refractivity contribution in [1.29, 1.82) is 0 Å². The average Bonchev–Trinajstić information content (AvgIpc) is 2.57. The summed E-state index contributed by atoms with van der Waals surface area (Å²) in [5.41, 5.74) is 1.64. The topological polar surface area (TPSA) is 54.5 Å². The highest BCUT2D eigenvalue weighted by molar-refractivity contribution is 6.07. The number of pyridine rings is 1. The molecule has 2 heterocycles. The first kappa shape index (κ1) is 11.9. The van der Waals surface area contributed by atoms with E-state index in [1.807, 2.05) is 24.3 Å². The van der Waals surface area contributed by atoms with Gasteiger partial charge in [-0.2, -0.15) is 0 Å². The number of hydrogen-bond donors (Lipinski definition) is 1. The smallest absolute Gasteiger partial charge is 0.247 e. The van der Waals surface area contributed by atoms with Gasteiger partial charge < -0.3 is 15.0 Å². The second-order valence-electron chi connectivity index (χ2n) is 4.53. The van der Waals surface area contributed by atoms with Crippen LogP contribution in [0.3, 0.4) is 0 Å². The summed E-state index contributed by atoms with van der Waals surface area (Å²) in [7, 11) is 3.53. The number of likely N-dealkylation sites (N-methyl/N-ethyl adjacent to an activating group) is 2. The van der Waals surface area contributed by atoms with Crippen molar-refractivity contribution in [1.82, 2.24) is 10.3 Å². The van der Waals surface area contributed by atoms with Gasteiger partial charge in [0.05, 0.1) is 11.2 Å². The van der Waals surface area contributed by atoms with Crippen LogP contribution in [0.25, 0.3) is 10.9 Å². The molecule has 1 aliphatic rings. The fraction of sp³-hybridized carbons (Fsp3) is 0.286. The molecule has 0 aliphatic carbocycles. The van der Waals surface area contributed by atoms with Crippen LogP contribution in [0.15, 0.2) is 30.5 Å². The molecule has 1 N–H and O–H groups in total. The van der Waals surface area contributed by atoms with Crippen molar-refractivity contribution < 1.29 is 9.53 Å². The zero-order valence-corrected chi connectivity index (χ0v) is 10.9. The van der Waals surface area contributed by atoms with Gasteiger partial charge in [0, 0.05) is 18.6 Å². The number of ether oxygens (including phenoxy) is 1. The third kappa shape index (κ3) is 1.82. The van der Waals surface area contributed by atoms with Crippen LogP contribution in [0.4, 0.5) is 5.69 Å². The summed E-state index contributed by atoms with van der Waals surface area (Å²) < 4.78 is 5.75. The monoisotopic (exact) mass is 257 g/mol. The Bertz CT molecular complexity index is 642. The highest BCUT2D eigenvalue weighted by Gasteiger charge is 2.29. The number of nitrogens with one attached hydrogen (secondary N) is 1. The van der Waals surface area contributed by atoms with Crippen molar-refractivity contribution >= 4 is 22.5 Å². The molecule has 2 aromatic rings. The van der Waals surface area contributed by atoms with Crippen LogP contribution in [-0.2, 0) is 4.79 Å². The van der Waals surface area contributed by atoms with Crippen molar-refractivity contribution in [2.24, 2.45) is 0 Å². The van der Waals surface area contributed by atoms with Crippen molar-refractivity contribution in [2.75, 3.05) is 25.6 Å². The molecule has 0 saturated heterocycles. The lowest BCUT2D eigenvalue weighted by atomic mass is 10.1. The standard InChI is InChI=1S/C14H15N3O2/c1-15-11-8-19-12-6-5-10-9(4-3-7-16-10)13(12)17(2)14(11)18/h3-7,11,15H,8H2,1-2H3. The minimum absolute atomic E-state index is 0.00222. The summed E-state index contributed by atoms with van der Waals surface area (Å²) in [6, 6.07) is 7.26. The molecule has 5 heteroatoms. The van der Waals surface area contributed by atoms with Gasteiger partial charge in [-0.05, 0) is 31.3 Å². The molecule has 1 unspecified atom stereocenters. The maximum Gasteiger partial charge on any atom is 0.247 e. The molecule has 0 spiro atoms. The number of fused-ring (bicyclic) bond motifs is 3. The van der Waals surface area contributed by atoms with E-state index in [1.54, 1.807) is 25.2 Å². The first-order chi connectivity index (χ1) is 9.22. The summed E-state index contributed by atoms with van der Waals surface area (Å²) in [4.78, 5) is 18.3. The Hall–Kier alpha value is -2.14. The molecular weight excluding hydrogens is 242 g/mol. The normalized spacial score (nSPS) is 18.9. The van der Waals surface area contributed by atoms with E-state index in [0.717, 1.165) is 16.6 Å². The van der Waals surface area contributed by atoms with E-state index in [-0.39, 0.29) is 11.9 Å². The second-order valence-corrected chi connectivity index (χ2v) is 4.53. The molecule has 0 fully saturated rings. The molecule has 1 atom stereocenters. The summed E-state index contributed by atoms with van der Waals surface area (Å²) in [6.45, 7) is 0.332. The molecule has 0 saturated carbocycles. The SMILES string of the molecule is CNC1COc2ccc3ncccc3c2N(C)C1=O. The van der Waals surface area contributed by atoms with Crippen LogP contribution in [0.5, 0.6) is 5.75 Å². The summed E-state index contributed by atoms with van der Waals surface area (Å²) in [5, 5.41) is 3.90. The van der Waals surface area contributed by atoms with Crippen LogP contribution in [-0.4, -0.2) is 37.6 Å². The van der Waals surface area contributed by atoms with Gasteiger partial charge >= 0.3 is 0 Å². The number of anilines is 1. The van der Waals surface area contributed by atoms with Gasteiger partial charge in [0.25, 0.3) is 0 Å². The van der Waals surface area contributed by atoms with Crippen LogP contribution in [0.1, 0.15) is 0 Å². The predicted molar refractivity (Wildman–Crippen MR) is 73.5 cm³/mol. The predicted octanol–water partition coefficient (Wildman–Crippen LogP) is 1.18. The Morgan fingerprint density at radius 1 is 1.42 bits per heavy atom. The Morgan fingerprint density at radius 2 is 2.26 bits per heavy atom. The number of carbonyl (C=O) groups is 1. The molecule has 3 rings (SSSR count). The van der Waals surface area contributed by atoms with Crippen molar-refractivity contribution in [3.63, 3.8) is 0 Å². The zero-order chi connectivity index (χ0) is 13.4. The Labute approximate surface area is 111 Å². The van der Waals surface area contributed by atoms with Gasteiger partial charge in [0.1, 0.15) is 18.4 Å². The molecule has 1 amide bonds. The van der Waals surface area contributed by atoms with E-state index in [2.05, 4.69) is 10.3 Å². The Balaban J connectivity index is 2.22. The lowest BCUT2D eigenvalue weighted by Gasteiger charge is -2.20. The third-order valence-corrected chi connectivity index (χ3v) is 3.44. The molecule has 1 aliphatic heterocycles. The minimum Gasteiger partial charge on any atom is -0.489 e. The first-order valence-electron chi connectivity index (χ1n) is 6.17.